The van der Waals surface area contributed by atoms with Crippen LogP contribution in [0.15, 0.2) is 206 Å². The molecule has 0 aliphatic heterocycles. The predicted octanol–water partition coefficient (Wildman–Crippen LogP) is 13.0. The molecule has 0 aliphatic carbocycles. The third-order valence-corrected chi connectivity index (χ3v) is 11.5. The summed E-state index contributed by atoms with van der Waals surface area (Å²) in [4.78, 5) is 15.0. The fraction of sp³-hybridized carbons (Fsp3) is 0. The fourth-order valence-corrected chi connectivity index (χ4v) is 8.86. The number of fused-ring (bicyclic) bond motifs is 8. The number of para-hydroxylation sites is 3. The fourth-order valence-electron chi connectivity index (χ4n) is 8.86. The van der Waals surface area contributed by atoms with Gasteiger partial charge in [0, 0.05) is 66.9 Å². The molecule has 6 heteroatoms. The van der Waals surface area contributed by atoms with Crippen LogP contribution in [0, 0.1) is 0 Å². The molecule has 6 nitrogen and oxygen atoms in total. The van der Waals surface area contributed by atoms with Crippen LogP contribution >= 0.6 is 0 Å². The number of rotatable bonds is 6. The number of hydrogen-bond donors (Lipinski definition) is 0. The van der Waals surface area contributed by atoms with Crippen molar-refractivity contribution in [2.75, 3.05) is 0 Å². The van der Waals surface area contributed by atoms with Crippen molar-refractivity contribution in [1.82, 2.24) is 28.7 Å². The van der Waals surface area contributed by atoms with Crippen LogP contribution in [0.2, 0.25) is 0 Å². The minimum Gasteiger partial charge on any atom is -0.316 e. The quantitative estimate of drug-likeness (QED) is 0.170. The first kappa shape index (κ1) is 33.1. The van der Waals surface area contributed by atoms with Gasteiger partial charge in [0.15, 0.2) is 17.5 Å². The molecule has 0 N–H and O–H groups in total. The van der Waals surface area contributed by atoms with E-state index in [4.69, 9.17) is 15.0 Å². The highest BCUT2D eigenvalue weighted by Gasteiger charge is 2.20. The molecule has 0 unspecified atom stereocenters. The van der Waals surface area contributed by atoms with Gasteiger partial charge in [0.1, 0.15) is 0 Å². The summed E-state index contributed by atoms with van der Waals surface area (Å²) >= 11 is 0. The highest BCUT2D eigenvalue weighted by atomic mass is 15.0. The smallest absolute Gasteiger partial charge is 0.164 e. The molecular formula is C53H34N6. The van der Waals surface area contributed by atoms with Crippen molar-refractivity contribution in [2.45, 2.75) is 0 Å². The van der Waals surface area contributed by atoms with Gasteiger partial charge in [-0.25, -0.2) is 15.0 Å². The zero-order chi connectivity index (χ0) is 38.9. The monoisotopic (exact) mass is 754 g/mol. The second-order valence-corrected chi connectivity index (χ2v) is 14.9. The van der Waals surface area contributed by atoms with Crippen molar-refractivity contribution in [1.29, 1.82) is 0 Å². The molecule has 59 heavy (non-hydrogen) atoms. The third kappa shape index (κ3) is 5.31. The van der Waals surface area contributed by atoms with Crippen molar-refractivity contribution < 1.29 is 0 Å². The van der Waals surface area contributed by atoms with E-state index < -0.39 is 0 Å². The third-order valence-electron chi connectivity index (χ3n) is 11.5. The Bertz CT molecular complexity index is 3490. The molecular weight excluding hydrogens is 721 g/mol. The highest BCUT2D eigenvalue weighted by Crippen LogP contribution is 2.39. The average molecular weight is 755 g/mol. The summed E-state index contributed by atoms with van der Waals surface area (Å²) in [6.07, 6.45) is 2.21. The lowest BCUT2D eigenvalue weighted by molar-refractivity contribution is 1.07. The van der Waals surface area contributed by atoms with Crippen molar-refractivity contribution in [3.63, 3.8) is 0 Å². The summed E-state index contributed by atoms with van der Waals surface area (Å²) in [5.74, 6) is 1.91. The van der Waals surface area contributed by atoms with Crippen molar-refractivity contribution in [2.24, 2.45) is 0 Å². The van der Waals surface area contributed by atoms with E-state index in [9.17, 15) is 0 Å². The molecule has 0 saturated carbocycles. The number of hydrogen-bond acceptors (Lipinski definition) is 3. The minimum absolute atomic E-state index is 0.626. The molecule has 0 bridgehead atoms. The molecule has 4 aromatic heterocycles. The first-order chi connectivity index (χ1) is 29.3. The Kier molecular flexibility index (Phi) is 7.43. The van der Waals surface area contributed by atoms with Gasteiger partial charge in [-0.1, -0.05) is 133 Å². The summed E-state index contributed by atoms with van der Waals surface area (Å²) in [6, 6.07) is 70.5. The molecule has 0 atom stereocenters. The van der Waals surface area contributed by atoms with Crippen LogP contribution in [0.25, 0.3) is 106 Å². The van der Waals surface area contributed by atoms with Crippen molar-refractivity contribution in [3.8, 4) is 51.2 Å². The summed E-state index contributed by atoms with van der Waals surface area (Å²) in [6.45, 7) is 0. The van der Waals surface area contributed by atoms with Crippen LogP contribution in [-0.4, -0.2) is 28.7 Å². The van der Waals surface area contributed by atoms with Gasteiger partial charge in [0.2, 0.25) is 0 Å². The van der Waals surface area contributed by atoms with E-state index in [1.165, 1.54) is 38.0 Å². The van der Waals surface area contributed by atoms with Gasteiger partial charge < -0.3 is 13.7 Å². The zero-order valence-electron chi connectivity index (χ0n) is 31.8. The van der Waals surface area contributed by atoms with Gasteiger partial charge in [-0.15, -0.1) is 0 Å². The van der Waals surface area contributed by atoms with Crippen LogP contribution in [0.5, 0.6) is 0 Å². The number of nitrogens with zero attached hydrogens (tertiary/aromatic N) is 6. The molecule has 0 radical (unpaired) electrons. The van der Waals surface area contributed by atoms with E-state index in [2.05, 4.69) is 159 Å². The van der Waals surface area contributed by atoms with Gasteiger partial charge >= 0.3 is 0 Å². The molecule has 0 aliphatic rings. The van der Waals surface area contributed by atoms with Crippen LogP contribution in [-0.2, 0) is 0 Å². The standard InChI is InChI=1S/C53H34N6/c1-4-15-35(16-5-1)51-54-52(36-17-6-2-7-18-36)56-53(55-51)37-19-14-22-40(33-37)59-48-26-13-10-23-41(48)43-28-30-46-44(50(43)59)31-32-57(46)39-27-29-49-45(34-39)42-24-11-12-25-47(42)58(49)38-20-8-3-9-21-38/h1-34H. The number of aromatic nitrogens is 6. The van der Waals surface area contributed by atoms with Crippen LogP contribution in [0.1, 0.15) is 0 Å². The van der Waals surface area contributed by atoms with E-state index in [0.717, 1.165) is 50.3 Å². The largest absolute Gasteiger partial charge is 0.316 e. The summed E-state index contributed by atoms with van der Waals surface area (Å²) < 4.78 is 7.08. The minimum atomic E-state index is 0.626. The average Bonchev–Trinajstić information content (AvgIpc) is 4.00. The normalized spacial score (nSPS) is 11.7. The second kappa shape index (κ2) is 13.3. The van der Waals surface area contributed by atoms with Gasteiger partial charge in [-0.2, -0.15) is 0 Å². The predicted molar refractivity (Wildman–Crippen MR) is 242 cm³/mol. The number of benzene rings is 8. The Morgan fingerprint density at radius 2 is 0.814 bits per heavy atom. The molecule has 12 rings (SSSR count). The maximum atomic E-state index is 5.06. The van der Waals surface area contributed by atoms with E-state index >= 15 is 0 Å². The molecule has 276 valence electrons. The Labute approximate surface area is 339 Å². The molecule has 8 aromatic carbocycles. The van der Waals surface area contributed by atoms with E-state index in [0.29, 0.717) is 17.5 Å². The maximum absolute atomic E-state index is 5.06. The Morgan fingerprint density at radius 1 is 0.288 bits per heavy atom. The molecule has 4 heterocycles. The van der Waals surface area contributed by atoms with E-state index in [-0.39, 0.29) is 0 Å². The molecule has 0 saturated heterocycles. The Balaban J connectivity index is 1.04. The van der Waals surface area contributed by atoms with Crippen LogP contribution in [0.3, 0.4) is 0 Å². The summed E-state index contributed by atoms with van der Waals surface area (Å²) in [5, 5.41) is 6.04. The lowest BCUT2D eigenvalue weighted by Gasteiger charge is -2.12. The first-order valence-electron chi connectivity index (χ1n) is 19.9. The Hall–Kier alpha value is -8.09. The van der Waals surface area contributed by atoms with Crippen molar-refractivity contribution >= 4 is 54.5 Å². The van der Waals surface area contributed by atoms with E-state index in [1.54, 1.807) is 0 Å². The van der Waals surface area contributed by atoms with Crippen molar-refractivity contribution in [3.05, 3.63) is 206 Å². The lowest BCUT2D eigenvalue weighted by Crippen LogP contribution is -2.01. The van der Waals surface area contributed by atoms with Gasteiger partial charge in [0.25, 0.3) is 0 Å². The van der Waals surface area contributed by atoms with Gasteiger partial charge in [0.05, 0.1) is 27.6 Å². The first-order valence-corrected chi connectivity index (χ1v) is 19.9. The molecule has 0 fully saturated rings. The summed E-state index contributed by atoms with van der Waals surface area (Å²) in [5.41, 5.74) is 11.9. The van der Waals surface area contributed by atoms with Gasteiger partial charge in [-0.3, -0.25) is 0 Å². The molecule has 0 spiro atoms. The van der Waals surface area contributed by atoms with Crippen LogP contribution in [0.4, 0.5) is 0 Å². The summed E-state index contributed by atoms with van der Waals surface area (Å²) in [7, 11) is 0. The molecule has 12 aromatic rings. The molecule has 0 amide bonds. The maximum Gasteiger partial charge on any atom is 0.164 e. The lowest BCUT2D eigenvalue weighted by atomic mass is 10.1. The zero-order valence-corrected chi connectivity index (χ0v) is 31.8. The van der Waals surface area contributed by atoms with Gasteiger partial charge in [-0.05, 0) is 66.7 Å². The second-order valence-electron chi connectivity index (χ2n) is 14.9. The topological polar surface area (TPSA) is 53.5 Å². The van der Waals surface area contributed by atoms with E-state index in [1.807, 2.05) is 60.7 Å². The van der Waals surface area contributed by atoms with Crippen LogP contribution < -0.4 is 0 Å². The Morgan fingerprint density at radius 3 is 1.51 bits per heavy atom. The SMILES string of the molecule is c1ccc(-c2nc(-c3ccccc3)nc(-c3cccc(-n4c5ccccc5c5ccc6c(ccn6-c6ccc7c(c6)c6ccccc6n7-c6ccccc6)c54)c3)n2)cc1. The highest BCUT2D eigenvalue weighted by molar-refractivity contribution is 6.18.